The van der Waals surface area contributed by atoms with E-state index in [-0.39, 0.29) is 6.61 Å². The molecule has 1 aromatic carbocycles. The summed E-state index contributed by atoms with van der Waals surface area (Å²) >= 11 is 0. The monoisotopic (exact) mass is 280 g/mol. The normalized spacial score (nSPS) is 11.2. The van der Waals surface area contributed by atoms with Crippen LogP contribution in [0.5, 0.6) is 0 Å². The zero-order chi connectivity index (χ0) is 14.6. The summed E-state index contributed by atoms with van der Waals surface area (Å²) in [4.78, 5) is 11.9. The van der Waals surface area contributed by atoms with Gasteiger partial charge in [-0.25, -0.2) is 4.79 Å². The van der Waals surface area contributed by atoms with Crippen LogP contribution in [0.25, 0.3) is 0 Å². The highest BCUT2D eigenvalue weighted by Crippen LogP contribution is 2.07. The molecule has 1 rings (SSSR count). The van der Waals surface area contributed by atoms with E-state index in [1.165, 1.54) is 0 Å². The van der Waals surface area contributed by atoms with Crippen LogP contribution in [0.1, 0.15) is 15.9 Å². The third-order valence-corrected chi connectivity index (χ3v) is 3.45. The van der Waals surface area contributed by atoms with E-state index in [2.05, 4.69) is 0 Å². The fourth-order valence-electron chi connectivity index (χ4n) is 1.97. The van der Waals surface area contributed by atoms with Gasteiger partial charge in [0.05, 0.1) is 5.56 Å². The molecule has 1 N–H and O–H groups in total. The van der Waals surface area contributed by atoms with Crippen molar-refractivity contribution < 1.29 is 22.5 Å². The van der Waals surface area contributed by atoms with E-state index in [0.717, 1.165) is 16.5 Å². The van der Waals surface area contributed by atoms with E-state index in [1.54, 1.807) is 6.07 Å². The molecule has 100 valence electrons. The van der Waals surface area contributed by atoms with Gasteiger partial charge >= 0.3 is 5.97 Å². The summed E-state index contributed by atoms with van der Waals surface area (Å²) in [5, 5.41) is 0. The van der Waals surface area contributed by atoms with Crippen LogP contribution < -0.4 is 10.9 Å². The predicted molar refractivity (Wildman–Crippen MR) is 81.7 cm³/mol. The minimum atomic E-state index is -4.11. The quantitative estimate of drug-likeness (QED) is 0.342. The van der Waals surface area contributed by atoms with Gasteiger partial charge in [-0.3, -0.25) is 4.55 Å². The number of esters is 1. The van der Waals surface area contributed by atoms with Gasteiger partial charge in [0, 0.05) is 0 Å². The Hall–Kier alpha value is -1.21. The molecule has 0 atom stereocenters. The third-order valence-electron chi connectivity index (χ3n) is 2.77. The highest BCUT2D eigenvalue weighted by molar-refractivity contribution is 7.85. The molecule has 19 heavy (non-hydrogen) atoms. The van der Waals surface area contributed by atoms with E-state index in [0.29, 0.717) is 11.9 Å². The average Bonchev–Trinajstić information content (AvgIpc) is 2.26. The third kappa shape index (κ3) is 4.76. The van der Waals surface area contributed by atoms with Crippen molar-refractivity contribution in [1.82, 2.24) is 0 Å². The van der Waals surface area contributed by atoms with Crippen LogP contribution in [0.2, 0.25) is 0 Å². The maximum Gasteiger partial charge on any atom is 0.338 e. The smallest absolute Gasteiger partial charge is 0.338 e. The fourth-order valence-corrected chi connectivity index (χ4v) is 2.26. The summed E-state index contributed by atoms with van der Waals surface area (Å²) in [6, 6.07) is 3.70. The zero-order valence-electron chi connectivity index (χ0n) is 11.3. The van der Waals surface area contributed by atoms with Crippen LogP contribution in [0.3, 0.4) is 0 Å². The van der Waals surface area contributed by atoms with Gasteiger partial charge in [-0.15, -0.1) is 0 Å². The number of rotatable bonds is 5. The Morgan fingerprint density at radius 3 is 2.47 bits per heavy atom. The van der Waals surface area contributed by atoms with E-state index in [4.69, 9.17) is 9.29 Å². The van der Waals surface area contributed by atoms with Gasteiger partial charge in [0.15, 0.2) is 0 Å². The number of hydrogen-bond donors (Lipinski definition) is 1. The van der Waals surface area contributed by atoms with Crippen molar-refractivity contribution in [2.75, 3.05) is 12.4 Å². The SMILES string of the molecule is BCc1c(B)cc(B)cc1C(=O)OCCS(=O)(=O)O. The maximum atomic E-state index is 11.9. The first kappa shape index (κ1) is 15.9. The second-order valence-electron chi connectivity index (χ2n) is 4.38. The van der Waals surface area contributed by atoms with E-state index in [9.17, 15) is 13.2 Å². The summed E-state index contributed by atoms with van der Waals surface area (Å²) < 4.78 is 34.5. The molecule has 0 radical (unpaired) electrons. The molecule has 0 unspecified atom stereocenters. The number of ether oxygens (including phenoxy) is 1. The number of hydrogen-bond acceptors (Lipinski definition) is 4. The molecule has 1 aromatic rings. The Morgan fingerprint density at radius 1 is 1.32 bits per heavy atom. The summed E-state index contributed by atoms with van der Waals surface area (Å²) in [6.07, 6.45) is 0.689. The van der Waals surface area contributed by atoms with Gasteiger partial charge < -0.3 is 4.74 Å². The van der Waals surface area contributed by atoms with Crippen molar-refractivity contribution in [1.29, 1.82) is 0 Å². The van der Waals surface area contributed by atoms with Gasteiger partial charge in [0.25, 0.3) is 10.1 Å². The number of carbonyl (C=O) groups is 1. The van der Waals surface area contributed by atoms with Gasteiger partial charge in [0.2, 0.25) is 0 Å². The first-order valence-electron chi connectivity index (χ1n) is 5.97. The van der Waals surface area contributed by atoms with E-state index in [1.807, 2.05) is 29.6 Å². The maximum absolute atomic E-state index is 11.9. The van der Waals surface area contributed by atoms with Crippen molar-refractivity contribution in [2.24, 2.45) is 0 Å². The topological polar surface area (TPSA) is 80.7 Å². The van der Waals surface area contributed by atoms with Crippen molar-refractivity contribution in [2.45, 2.75) is 6.32 Å². The average molecular weight is 280 g/mol. The molecule has 0 spiro atoms. The lowest BCUT2D eigenvalue weighted by atomic mass is 9.77. The lowest BCUT2D eigenvalue weighted by molar-refractivity contribution is 0.0527. The standard InChI is InChI=1S/C10H15B3O5S/c11-5-8-7(3-6(12)4-9(8)13)10(14)18-1-2-19(15,16)17/h3-4H,1-2,5,11-13H2,(H,15,16,17). The van der Waals surface area contributed by atoms with Crippen LogP contribution in [-0.4, -0.2) is 54.8 Å². The Balaban J connectivity index is 2.88. The number of carbonyl (C=O) groups excluding carboxylic acids is 1. The molecule has 9 heteroatoms. The highest BCUT2D eigenvalue weighted by atomic mass is 32.2. The molecule has 0 saturated carbocycles. The Bertz CT molecular complexity index is 585. The second kappa shape index (κ2) is 6.30. The lowest BCUT2D eigenvalue weighted by Gasteiger charge is -2.12. The Kier molecular flexibility index (Phi) is 5.25. The van der Waals surface area contributed by atoms with Gasteiger partial charge in [-0.2, -0.15) is 8.42 Å². The van der Waals surface area contributed by atoms with E-state index < -0.39 is 21.8 Å². The van der Waals surface area contributed by atoms with Gasteiger partial charge in [-0.05, 0) is 5.56 Å². The predicted octanol–water partition coefficient (Wildman–Crippen LogP) is -3.62. The highest BCUT2D eigenvalue weighted by Gasteiger charge is 2.15. The van der Waals surface area contributed by atoms with Crippen LogP contribution in [0.4, 0.5) is 0 Å². The van der Waals surface area contributed by atoms with Crippen molar-refractivity contribution in [3.63, 3.8) is 0 Å². The number of benzene rings is 1. The van der Waals surface area contributed by atoms with Crippen molar-refractivity contribution >= 4 is 50.6 Å². The van der Waals surface area contributed by atoms with Crippen molar-refractivity contribution in [3.8, 4) is 0 Å². The van der Waals surface area contributed by atoms with Crippen LogP contribution in [0, 0.1) is 0 Å². The summed E-state index contributed by atoms with van der Waals surface area (Å²) in [6.45, 7) is -0.353. The summed E-state index contributed by atoms with van der Waals surface area (Å²) in [5.41, 5.74) is 3.29. The largest absolute Gasteiger partial charge is 0.461 e. The molecule has 0 aromatic heterocycles. The first-order valence-corrected chi connectivity index (χ1v) is 7.58. The lowest BCUT2D eigenvalue weighted by Crippen LogP contribution is -2.25. The molecule has 0 saturated heterocycles. The second-order valence-corrected chi connectivity index (χ2v) is 5.96. The molecule has 0 aliphatic heterocycles. The fraction of sp³-hybridized carbons (Fsp3) is 0.300. The summed E-state index contributed by atoms with van der Waals surface area (Å²) in [5.74, 6) is -1.15. The first-order chi connectivity index (χ1) is 8.74. The minimum absolute atomic E-state index is 0.353. The molecule has 0 fully saturated rings. The van der Waals surface area contributed by atoms with Gasteiger partial charge in [-0.1, -0.05) is 29.4 Å². The molecule has 0 aliphatic rings. The van der Waals surface area contributed by atoms with Crippen molar-refractivity contribution in [3.05, 3.63) is 23.3 Å². The van der Waals surface area contributed by atoms with Crippen LogP contribution >= 0.6 is 0 Å². The van der Waals surface area contributed by atoms with Crippen LogP contribution in [-0.2, 0) is 21.2 Å². The molecular formula is C10H15B3O5S. The zero-order valence-corrected chi connectivity index (χ0v) is 12.1. The Labute approximate surface area is 115 Å². The molecule has 0 heterocycles. The molecule has 0 amide bonds. The molecule has 5 nitrogen and oxygen atoms in total. The van der Waals surface area contributed by atoms with Crippen LogP contribution in [0.15, 0.2) is 12.1 Å². The minimum Gasteiger partial charge on any atom is -0.461 e. The Morgan fingerprint density at radius 2 is 1.95 bits per heavy atom. The summed E-state index contributed by atoms with van der Waals surface area (Å²) in [7, 11) is 1.62. The molecule has 0 bridgehead atoms. The molecular weight excluding hydrogens is 265 g/mol. The van der Waals surface area contributed by atoms with E-state index >= 15 is 0 Å². The van der Waals surface area contributed by atoms with Gasteiger partial charge in [0.1, 0.15) is 35.9 Å². The molecule has 0 aliphatic carbocycles.